The molecular formula is C13H15BrO5. The summed E-state index contributed by atoms with van der Waals surface area (Å²) in [7, 11) is 1.58. The average Bonchev–Trinajstić information content (AvgIpc) is 2.38. The summed E-state index contributed by atoms with van der Waals surface area (Å²) in [5, 5.41) is 8.71. The summed E-state index contributed by atoms with van der Waals surface area (Å²) in [5.74, 6) is 1.20. The van der Waals surface area contributed by atoms with Crippen LogP contribution in [0.25, 0.3) is 0 Å². The predicted octanol–water partition coefficient (Wildman–Crippen LogP) is 2.64. The minimum absolute atomic E-state index is 0.116. The van der Waals surface area contributed by atoms with Crippen molar-refractivity contribution in [3.05, 3.63) is 16.1 Å². The summed E-state index contributed by atoms with van der Waals surface area (Å²) in [6.45, 7) is 1.00. The van der Waals surface area contributed by atoms with Gasteiger partial charge in [-0.3, -0.25) is 4.79 Å². The van der Waals surface area contributed by atoms with E-state index in [1.165, 1.54) is 0 Å². The smallest absolute Gasteiger partial charge is 0.303 e. The van der Waals surface area contributed by atoms with E-state index in [1.54, 1.807) is 7.11 Å². The molecular weight excluding hydrogens is 316 g/mol. The molecule has 0 spiro atoms. The first-order chi connectivity index (χ1) is 9.13. The molecule has 0 fully saturated rings. The molecule has 1 aromatic rings. The Morgan fingerprint density at radius 2 is 2.21 bits per heavy atom. The minimum Gasteiger partial charge on any atom is -0.495 e. The number of hydrogen-bond acceptors (Lipinski definition) is 4. The zero-order valence-electron chi connectivity index (χ0n) is 10.6. The molecule has 1 aromatic carbocycles. The van der Waals surface area contributed by atoms with Crippen LogP contribution in [-0.4, -0.2) is 31.4 Å². The Kier molecular flexibility index (Phi) is 4.52. The third-order valence-electron chi connectivity index (χ3n) is 2.86. The topological polar surface area (TPSA) is 65.0 Å². The second-order valence-corrected chi connectivity index (χ2v) is 5.00. The molecule has 2 rings (SSSR count). The molecule has 1 heterocycles. The van der Waals surface area contributed by atoms with Crippen LogP contribution in [0.5, 0.6) is 17.2 Å². The van der Waals surface area contributed by atoms with Crippen molar-refractivity contribution in [2.24, 2.45) is 0 Å². The number of fused-ring (bicyclic) bond motifs is 1. The van der Waals surface area contributed by atoms with Gasteiger partial charge in [-0.2, -0.15) is 0 Å². The lowest BCUT2D eigenvalue weighted by molar-refractivity contribution is -0.137. The normalized spacial score (nSPS) is 13.2. The van der Waals surface area contributed by atoms with E-state index in [-0.39, 0.29) is 6.42 Å². The van der Waals surface area contributed by atoms with E-state index >= 15 is 0 Å². The number of rotatable bonds is 5. The van der Waals surface area contributed by atoms with Crippen LogP contribution in [-0.2, 0) is 11.2 Å². The third kappa shape index (κ3) is 3.12. The van der Waals surface area contributed by atoms with E-state index in [1.807, 2.05) is 6.07 Å². The summed E-state index contributed by atoms with van der Waals surface area (Å²) in [5.41, 5.74) is 0.854. The molecule has 1 N–H and O–H groups in total. The van der Waals surface area contributed by atoms with Gasteiger partial charge < -0.3 is 19.3 Å². The van der Waals surface area contributed by atoms with Gasteiger partial charge in [-0.1, -0.05) is 0 Å². The quantitative estimate of drug-likeness (QED) is 0.899. The minimum atomic E-state index is -0.806. The fourth-order valence-corrected chi connectivity index (χ4v) is 2.68. The van der Waals surface area contributed by atoms with E-state index in [0.29, 0.717) is 43.3 Å². The molecule has 6 heteroatoms. The Hall–Kier alpha value is -1.43. The van der Waals surface area contributed by atoms with Gasteiger partial charge in [-0.15, -0.1) is 0 Å². The molecule has 0 atom stereocenters. The second kappa shape index (κ2) is 6.14. The summed E-state index contributed by atoms with van der Waals surface area (Å²) in [6.07, 6.45) is 1.21. The van der Waals surface area contributed by atoms with Crippen molar-refractivity contribution in [1.82, 2.24) is 0 Å². The molecule has 5 nitrogen and oxygen atoms in total. The van der Waals surface area contributed by atoms with E-state index < -0.39 is 5.97 Å². The van der Waals surface area contributed by atoms with Gasteiger partial charge >= 0.3 is 5.97 Å². The highest BCUT2D eigenvalue weighted by Crippen LogP contribution is 2.44. The zero-order chi connectivity index (χ0) is 13.8. The van der Waals surface area contributed by atoms with Crippen LogP contribution in [0.1, 0.15) is 18.4 Å². The highest BCUT2D eigenvalue weighted by atomic mass is 79.9. The van der Waals surface area contributed by atoms with Crippen molar-refractivity contribution < 1.29 is 24.1 Å². The fourth-order valence-electron chi connectivity index (χ4n) is 2.07. The Morgan fingerprint density at radius 3 is 2.89 bits per heavy atom. The molecule has 104 valence electrons. The first-order valence-electron chi connectivity index (χ1n) is 6.00. The van der Waals surface area contributed by atoms with Gasteiger partial charge in [0.2, 0.25) is 0 Å². The first-order valence-corrected chi connectivity index (χ1v) is 6.79. The number of ether oxygens (including phenoxy) is 3. The lowest BCUT2D eigenvalue weighted by atomic mass is 10.0. The number of aliphatic carboxylic acids is 1. The van der Waals surface area contributed by atoms with Gasteiger partial charge in [0.1, 0.15) is 19.0 Å². The lowest BCUT2D eigenvalue weighted by Gasteiger charge is -2.23. The summed E-state index contributed by atoms with van der Waals surface area (Å²) < 4.78 is 17.3. The van der Waals surface area contributed by atoms with Gasteiger partial charge in [0.15, 0.2) is 11.5 Å². The van der Waals surface area contributed by atoms with Crippen LogP contribution >= 0.6 is 15.9 Å². The maximum Gasteiger partial charge on any atom is 0.303 e. The third-order valence-corrected chi connectivity index (χ3v) is 3.44. The van der Waals surface area contributed by atoms with Crippen LogP contribution in [0.2, 0.25) is 0 Å². The molecule has 1 aliphatic rings. The standard InChI is InChI=1S/C13H15BrO5/c1-17-12-8(3-2-4-11(15)16)13-10(7-9(12)14)18-5-6-19-13/h7H,2-6H2,1H3,(H,15,16). The molecule has 0 bridgehead atoms. The average molecular weight is 331 g/mol. The van der Waals surface area contributed by atoms with Crippen LogP contribution in [0.4, 0.5) is 0 Å². The molecule has 0 unspecified atom stereocenters. The van der Waals surface area contributed by atoms with Gasteiger partial charge in [0.05, 0.1) is 11.6 Å². The molecule has 1 aliphatic heterocycles. The van der Waals surface area contributed by atoms with Crippen LogP contribution in [0.3, 0.4) is 0 Å². The van der Waals surface area contributed by atoms with Crippen LogP contribution in [0.15, 0.2) is 10.5 Å². The maximum absolute atomic E-state index is 10.6. The molecule has 0 amide bonds. The van der Waals surface area contributed by atoms with E-state index in [0.717, 1.165) is 10.0 Å². The Bertz CT molecular complexity index is 486. The van der Waals surface area contributed by atoms with Crippen LogP contribution < -0.4 is 14.2 Å². The van der Waals surface area contributed by atoms with Crippen molar-refractivity contribution in [1.29, 1.82) is 0 Å². The van der Waals surface area contributed by atoms with Crippen LogP contribution in [0, 0.1) is 0 Å². The van der Waals surface area contributed by atoms with Gasteiger partial charge in [-0.25, -0.2) is 0 Å². The zero-order valence-corrected chi connectivity index (χ0v) is 12.2. The summed E-state index contributed by atoms with van der Waals surface area (Å²) in [4.78, 5) is 10.6. The Labute approximate surface area is 119 Å². The fraction of sp³-hybridized carbons (Fsp3) is 0.462. The number of carbonyl (C=O) groups is 1. The predicted molar refractivity (Wildman–Crippen MR) is 72.3 cm³/mol. The lowest BCUT2D eigenvalue weighted by Crippen LogP contribution is -2.17. The van der Waals surface area contributed by atoms with E-state index in [2.05, 4.69) is 15.9 Å². The highest BCUT2D eigenvalue weighted by molar-refractivity contribution is 9.10. The molecule has 0 saturated carbocycles. The Balaban J connectivity index is 2.31. The first kappa shape index (κ1) is 14.0. The molecule has 0 aliphatic carbocycles. The van der Waals surface area contributed by atoms with Crippen molar-refractivity contribution in [2.45, 2.75) is 19.3 Å². The largest absolute Gasteiger partial charge is 0.495 e. The number of carboxylic acid groups (broad SMARTS) is 1. The maximum atomic E-state index is 10.6. The van der Waals surface area contributed by atoms with Gasteiger partial charge in [-0.05, 0) is 28.8 Å². The monoisotopic (exact) mass is 330 g/mol. The van der Waals surface area contributed by atoms with Crippen molar-refractivity contribution in [3.63, 3.8) is 0 Å². The molecule has 0 radical (unpaired) electrons. The number of hydrogen-bond donors (Lipinski definition) is 1. The number of halogens is 1. The molecule has 19 heavy (non-hydrogen) atoms. The van der Waals surface area contributed by atoms with E-state index in [4.69, 9.17) is 19.3 Å². The van der Waals surface area contributed by atoms with Gasteiger partial charge in [0.25, 0.3) is 0 Å². The molecule has 0 aromatic heterocycles. The number of methoxy groups -OCH3 is 1. The van der Waals surface area contributed by atoms with Crippen molar-refractivity contribution in [3.8, 4) is 17.2 Å². The highest BCUT2D eigenvalue weighted by Gasteiger charge is 2.22. The van der Waals surface area contributed by atoms with E-state index in [9.17, 15) is 4.79 Å². The van der Waals surface area contributed by atoms with Crippen molar-refractivity contribution >= 4 is 21.9 Å². The van der Waals surface area contributed by atoms with Crippen molar-refractivity contribution in [2.75, 3.05) is 20.3 Å². The SMILES string of the molecule is COc1c(Br)cc2c(c1CCCC(=O)O)OCCO2. The summed E-state index contributed by atoms with van der Waals surface area (Å²) in [6, 6.07) is 1.81. The second-order valence-electron chi connectivity index (χ2n) is 4.14. The number of benzene rings is 1. The Morgan fingerprint density at radius 1 is 1.47 bits per heavy atom. The summed E-state index contributed by atoms with van der Waals surface area (Å²) >= 11 is 3.43. The van der Waals surface area contributed by atoms with Gasteiger partial charge in [0, 0.05) is 18.1 Å². The number of carboxylic acids is 1. The molecule has 0 saturated heterocycles.